The molecular formula is C24H21N3O2S. The average molecular weight is 416 g/mol. The summed E-state index contributed by atoms with van der Waals surface area (Å²) < 4.78 is 5.73. The fourth-order valence-electron chi connectivity index (χ4n) is 3.48. The van der Waals surface area contributed by atoms with Gasteiger partial charge < -0.3 is 15.6 Å². The second-order valence-electron chi connectivity index (χ2n) is 6.62. The van der Waals surface area contributed by atoms with Gasteiger partial charge in [-0.1, -0.05) is 61.2 Å². The van der Waals surface area contributed by atoms with Gasteiger partial charge in [-0.3, -0.25) is 4.79 Å². The van der Waals surface area contributed by atoms with Crippen LogP contribution in [-0.2, 0) is 0 Å². The second kappa shape index (κ2) is 8.88. The number of thioether (sulfide) groups is 1. The first-order valence-electron chi connectivity index (χ1n) is 9.58. The van der Waals surface area contributed by atoms with E-state index in [0.29, 0.717) is 16.8 Å². The summed E-state index contributed by atoms with van der Waals surface area (Å²) in [5.41, 5.74) is 3.49. The van der Waals surface area contributed by atoms with E-state index >= 15 is 0 Å². The van der Waals surface area contributed by atoms with E-state index in [1.807, 2.05) is 66.7 Å². The molecule has 0 radical (unpaired) electrons. The number of anilines is 1. The minimum absolute atomic E-state index is 0.234. The summed E-state index contributed by atoms with van der Waals surface area (Å²) in [5, 5.41) is 9.44. The number of furan rings is 1. The lowest BCUT2D eigenvalue weighted by atomic mass is 9.90. The summed E-state index contributed by atoms with van der Waals surface area (Å²) in [6.07, 6.45) is 3.21. The summed E-state index contributed by atoms with van der Waals surface area (Å²) in [7, 11) is 0. The Labute approximate surface area is 179 Å². The number of nitrogens with two attached hydrogens (primary N) is 1. The predicted molar refractivity (Wildman–Crippen MR) is 124 cm³/mol. The van der Waals surface area contributed by atoms with Crippen molar-refractivity contribution < 1.29 is 9.21 Å². The van der Waals surface area contributed by atoms with E-state index in [9.17, 15) is 4.79 Å². The number of hydrogen-bond acceptors (Lipinski definition) is 5. The van der Waals surface area contributed by atoms with E-state index < -0.39 is 0 Å². The van der Waals surface area contributed by atoms with Gasteiger partial charge in [0.2, 0.25) is 0 Å². The van der Waals surface area contributed by atoms with Crippen LogP contribution in [0.4, 0.5) is 5.69 Å². The molecule has 0 saturated heterocycles. The van der Waals surface area contributed by atoms with E-state index in [2.05, 4.69) is 17.3 Å². The molecule has 1 amide bonds. The lowest BCUT2D eigenvalue weighted by molar-refractivity contribution is 0.102. The maximum atomic E-state index is 13.4. The molecule has 6 heteroatoms. The van der Waals surface area contributed by atoms with Gasteiger partial charge in [0.1, 0.15) is 0 Å². The molecule has 0 bridgehead atoms. The van der Waals surface area contributed by atoms with Gasteiger partial charge in [0, 0.05) is 22.4 Å². The van der Waals surface area contributed by atoms with Crippen molar-refractivity contribution in [1.29, 1.82) is 0 Å². The molecule has 3 aromatic carbocycles. The van der Waals surface area contributed by atoms with Crippen molar-refractivity contribution in [2.45, 2.75) is 12.0 Å². The molecule has 0 fully saturated rings. The highest BCUT2D eigenvalue weighted by Crippen LogP contribution is 2.37. The van der Waals surface area contributed by atoms with Crippen LogP contribution in [0, 0.1) is 0 Å². The smallest absolute Gasteiger partial charge is 0.256 e. The van der Waals surface area contributed by atoms with Gasteiger partial charge in [0.15, 0.2) is 5.09 Å². The number of rotatable bonds is 6. The highest BCUT2D eigenvalue weighted by atomic mass is 32.2. The normalized spacial score (nSPS) is 11.2. The quantitative estimate of drug-likeness (QED) is 0.182. The number of carbonyl (C=O) groups is 1. The van der Waals surface area contributed by atoms with Crippen LogP contribution in [0.15, 0.2) is 87.6 Å². The van der Waals surface area contributed by atoms with Gasteiger partial charge in [-0.2, -0.15) is 5.10 Å². The lowest BCUT2D eigenvalue weighted by Gasteiger charge is -2.15. The Balaban J connectivity index is 1.95. The maximum absolute atomic E-state index is 13.4. The molecule has 1 aromatic heterocycles. The van der Waals surface area contributed by atoms with Crippen LogP contribution in [0.2, 0.25) is 0 Å². The zero-order valence-electron chi connectivity index (χ0n) is 16.5. The highest BCUT2D eigenvalue weighted by Gasteiger charge is 2.22. The molecule has 5 nitrogen and oxygen atoms in total. The fraction of sp³-hybridized carbons (Fsp3) is 0.0833. The second-order valence-corrected chi connectivity index (χ2v) is 7.89. The summed E-state index contributed by atoms with van der Waals surface area (Å²) >= 11 is 1.61. The highest BCUT2D eigenvalue weighted by molar-refractivity contribution is 7.99. The monoisotopic (exact) mass is 415 g/mol. The average Bonchev–Trinajstić information content (AvgIpc) is 3.22. The number of carbonyl (C=O) groups excluding carboxylic acids is 1. The molecule has 0 atom stereocenters. The number of nitrogens with one attached hydrogen (secondary N) is 1. The molecule has 0 aliphatic rings. The van der Waals surface area contributed by atoms with Gasteiger partial charge in [-0.25, -0.2) is 0 Å². The number of hydrazone groups is 1. The van der Waals surface area contributed by atoms with Crippen LogP contribution in [0.5, 0.6) is 0 Å². The van der Waals surface area contributed by atoms with Crippen molar-refractivity contribution in [3.63, 3.8) is 0 Å². The molecule has 150 valence electrons. The summed E-state index contributed by atoms with van der Waals surface area (Å²) in [4.78, 5) is 13.4. The van der Waals surface area contributed by atoms with E-state index in [1.54, 1.807) is 18.0 Å². The van der Waals surface area contributed by atoms with Crippen molar-refractivity contribution in [2.24, 2.45) is 10.9 Å². The number of amides is 1. The third-order valence-electron chi connectivity index (χ3n) is 4.70. The first kappa shape index (κ1) is 19.8. The number of benzene rings is 3. The van der Waals surface area contributed by atoms with Crippen molar-refractivity contribution in [3.8, 4) is 11.1 Å². The third-order valence-corrected chi connectivity index (χ3v) is 5.49. The summed E-state index contributed by atoms with van der Waals surface area (Å²) in [6.45, 7) is 2.07. The minimum atomic E-state index is -0.234. The summed E-state index contributed by atoms with van der Waals surface area (Å²) in [6, 6.07) is 21.2. The Morgan fingerprint density at radius 3 is 2.67 bits per heavy atom. The number of fused-ring (bicyclic) bond motifs is 1. The molecule has 0 spiro atoms. The zero-order valence-corrected chi connectivity index (χ0v) is 17.3. The van der Waals surface area contributed by atoms with E-state index in [4.69, 9.17) is 10.3 Å². The topological polar surface area (TPSA) is 80.6 Å². The van der Waals surface area contributed by atoms with Gasteiger partial charge in [0.25, 0.3) is 5.91 Å². The first-order chi connectivity index (χ1) is 14.7. The molecular weight excluding hydrogens is 394 g/mol. The Hall–Kier alpha value is -3.51. The number of hydrogen-bond donors (Lipinski definition) is 2. The van der Waals surface area contributed by atoms with Crippen LogP contribution >= 0.6 is 11.8 Å². The Morgan fingerprint density at radius 1 is 1.13 bits per heavy atom. The Morgan fingerprint density at radius 2 is 1.90 bits per heavy atom. The van der Waals surface area contributed by atoms with Gasteiger partial charge in [-0.15, -0.1) is 0 Å². The molecule has 1 heterocycles. The molecule has 0 aliphatic heterocycles. The number of nitrogens with zero attached hydrogens (tertiary/aromatic N) is 1. The molecule has 0 unspecified atom stereocenters. The van der Waals surface area contributed by atoms with Crippen molar-refractivity contribution >= 4 is 40.3 Å². The Kier molecular flexibility index (Phi) is 5.86. The van der Waals surface area contributed by atoms with E-state index in [-0.39, 0.29) is 5.91 Å². The zero-order chi connectivity index (χ0) is 20.9. The van der Waals surface area contributed by atoms with Crippen LogP contribution in [0.25, 0.3) is 21.9 Å². The van der Waals surface area contributed by atoms with Crippen LogP contribution in [-0.4, -0.2) is 17.9 Å². The third kappa shape index (κ3) is 3.95. The van der Waals surface area contributed by atoms with Crippen molar-refractivity contribution in [3.05, 3.63) is 84.1 Å². The molecule has 3 N–H and O–H groups in total. The van der Waals surface area contributed by atoms with Crippen molar-refractivity contribution in [2.75, 3.05) is 11.1 Å². The SMILES string of the molecule is CCSc1cc(-c2c(C(=O)Nc3ccccc3)c(/C=N/N)cc3ccccc23)co1. The minimum Gasteiger partial charge on any atom is -0.457 e. The lowest BCUT2D eigenvalue weighted by Crippen LogP contribution is -2.16. The van der Waals surface area contributed by atoms with Crippen molar-refractivity contribution in [1.82, 2.24) is 0 Å². The Bertz CT molecular complexity index is 1220. The van der Waals surface area contributed by atoms with Gasteiger partial charge in [0.05, 0.1) is 18.0 Å². The van der Waals surface area contributed by atoms with E-state index in [1.165, 1.54) is 6.21 Å². The fourth-order valence-corrected chi connectivity index (χ4v) is 4.09. The van der Waals surface area contributed by atoms with Gasteiger partial charge >= 0.3 is 0 Å². The van der Waals surface area contributed by atoms with E-state index in [0.717, 1.165) is 32.7 Å². The molecule has 4 aromatic rings. The summed E-state index contributed by atoms with van der Waals surface area (Å²) in [5.74, 6) is 6.14. The molecule has 4 rings (SSSR count). The van der Waals surface area contributed by atoms with Crippen LogP contribution in [0.1, 0.15) is 22.8 Å². The molecule has 30 heavy (non-hydrogen) atoms. The van der Waals surface area contributed by atoms with Gasteiger partial charge in [-0.05, 0) is 40.8 Å². The largest absolute Gasteiger partial charge is 0.457 e. The maximum Gasteiger partial charge on any atom is 0.256 e. The number of para-hydroxylation sites is 1. The van der Waals surface area contributed by atoms with Crippen LogP contribution in [0.3, 0.4) is 0 Å². The molecule has 0 aliphatic carbocycles. The predicted octanol–water partition coefficient (Wildman–Crippen LogP) is 5.76. The first-order valence-corrected chi connectivity index (χ1v) is 10.6. The van der Waals surface area contributed by atoms with Crippen LogP contribution < -0.4 is 11.2 Å². The molecule has 0 saturated carbocycles. The standard InChI is InChI=1S/C24H21N3O2S/c1-2-30-21-13-18(15-29-21)22-20-11-7-6-8-16(20)12-17(14-26-25)23(22)24(28)27-19-9-4-3-5-10-19/h3-15H,2,25H2,1H3,(H,27,28)/b26-14+.